The maximum atomic E-state index is 12.4. The molecule has 0 aromatic heterocycles. The Morgan fingerprint density at radius 2 is 1.15 bits per heavy atom. The number of epoxide rings is 1. The molecule has 10 heteroatoms. The Hall–Kier alpha value is -1.25. The zero-order valence-corrected chi connectivity index (χ0v) is 31.5. The van der Waals surface area contributed by atoms with Gasteiger partial charge >= 0.3 is 19.8 Å². The van der Waals surface area contributed by atoms with E-state index in [0.29, 0.717) is 18.6 Å². The SMILES string of the molecule is CCCCCCCCCCCCCCCCC(=O)OC[C@H](COP(=O)(O)O)OC(=O)CCCCCCC/C=C\CC1OC1CCCCC. The van der Waals surface area contributed by atoms with Crippen molar-refractivity contribution in [2.45, 2.75) is 206 Å². The van der Waals surface area contributed by atoms with Crippen LogP contribution in [0.1, 0.15) is 187 Å². The Morgan fingerprint density at radius 1 is 0.646 bits per heavy atom. The molecule has 0 aliphatic carbocycles. The van der Waals surface area contributed by atoms with Crippen LogP contribution in [-0.4, -0.2) is 53.3 Å². The number of allylic oxidation sites excluding steroid dienone is 1. The minimum Gasteiger partial charge on any atom is -0.462 e. The van der Waals surface area contributed by atoms with Crippen molar-refractivity contribution in [1.82, 2.24) is 0 Å². The number of phosphoric acid groups is 1. The fourth-order valence-corrected chi connectivity index (χ4v) is 6.27. The van der Waals surface area contributed by atoms with Crippen molar-refractivity contribution < 1.29 is 42.7 Å². The van der Waals surface area contributed by atoms with Crippen LogP contribution < -0.4 is 0 Å². The highest BCUT2D eigenvalue weighted by Crippen LogP contribution is 2.36. The first-order chi connectivity index (χ1) is 23.2. The molecular weight excluding hydrogens is 631 g/mol. The first kappa shape index (κ1) is 44.8. The fraction of sp³-hybridized carbons (Fsp3) is 0.895. The van der Waals surface area contributed by atoms with Gasteiger partial charge in [0, 0.05) is 12.8 Å². The van der Waals surface area contributed by atoms with Crippen molar-refractivity contribution in [3.05, 3.63) is 12.2 Å². The lowest BCUT2D eigenvalue weighted by Crippen LogP contribution is -2.29. The minimum atomic E-state index is -4.75. The van der Waals surface area contributed by atoms with E-state index in [9.17, 15) is 14.2 Å². The molecule has 2 N–H and O–H groups in total. The molecule has 0 aromatic carbocycles. The van der Waals surface area contributed by atoms with Gasteiger partial charge in [0.1, 0.15) is 6.61 Å². The molecular formula is C38H71O9P. The quantitative estimate of drug-likeness (QED) is 0.0218. The molecule has 1 fully saturated rings. The van der Waals surface area contributed by atoms with Gasteiger partial charge in [-0.25, -0.2) is 4.57 Å². The normalized spacial score (nSPS) is 16.8. The molecule has 0 spiro atoms. The average molecular weight is 703 g/mol. The van der Waals surface area contributed by atoms with E-state index in [-0.39, 0.29) is 19.4 Å². The Morgan fingerprint density at radius 3 is 1.71 bits per heavy atom. The average Bonchev–Trinajstić information content (AvgIpc) is 3.80. The second-order valence-corrected chi connectivity index (χ2v) is 14.9. The Kier molecular flexibility index (Phi) is 28.5. The standard InChI is InChI=1S/C38H71O9P/c1-3-5-7-8-9-10-11-12-13-14-15-19-22-26-30-37(39)44-32-34(33-45-48(41,42)43)46-38(40)31-27-23-20-17-16-18-21-25-29-36-35(47-36)28-24-6-4-2/h21,25,34-36H,3-20,22-24,26-33H2,1-2H3,(H2,41,42,43)/b25-21-/t34-,35?,36?/m1/s1. The van der Waals surface area contributed by atoms with E-state index in [1.54, 1.807) is 0 Å². The first-order valence-corrected chi connectivity index (χ1v) is 21.1. The van der Waals surface area contributed by atoms with Gasteiger partial charge in [0.15, 0.2) is 6.10 Å². The predicted octanol–water partition coefficient (Wildman–Crippen LogP) is 10.4. The highest BCUT2D eigenvalue weighted by Gasteiger charge is 2.36. The smallest absolute Gasteiger partial charge is 0.462 e. The largest absolute Gasteiger partial charge is 0.469 e. The van der Waals surface area contributed by atoms with Crippen LogP contribution >= 0.6 is 7.82 Å². The van der Waals surface area contributed by atoms with Gasteiger partial charge in [-0.1, -0.05) is 148 Å². The van der Waals surface area contributed by atoms with Gasteiger partial charge in [0.25, 0.3) is 0 Å². The summed E-state index contributed by atoms with van der Waals surface area (Å²) in [7, 11) is -4.75. The molecule has 1 aliphatic heterocycles. The van der Waals surface area contributed by atoms with E-state index >= 15 is 0 Å². The number of unbranched alkanes of at least 4 members (excludes halogenated alkanes) is 20. The summed E-state index contributed by atoms with van der Waals surface area (Å²) in [5, 5.41) is 0. The molecule has 1 rings (SSSR count). The number of esters is 2. The van der Waals surface area contributed by atoms with Crippen LogP contribution in [0, 0.1) is 0 Å². The number of carbonyl (C=O) groups is 2. The van der Waals surface area contributed by atoms with Crippen LogP contribution in [0.5, 0.6) is 0 Å². The van der Waals surface area contributed by atoms with Crippen molar-refractivity contribution in [3.8, 4) is 0 Å². The highest BCUT2D eigenvalue weighted by atomic mass is 31.2. The van der Waals surface area contributed by atoms with Crippen molar-refractivity contribution in [2.75, 3.05) is 13.2 Å². The third kappa shape index (κ3) is 29.6. The summed E-state index contributed by atoms with van der Waals surface area (Å²) >= 11 is 0. The number of rotatable bonds is 35. The number of hydrogen-bond acceptors (Lipinski definition) is 7. The summed E-state index contributed by atoms with van der Waals surface area (Å²) in [6.45, 7) is 3.64. The lowest BCUT2D eigenvalue weighted by molar-refractivity contribution is -0.161. The molecule has 0 aromatic rings. The van der Waals surface area contributed by atoms with E-state index in [4.69, 9.17) is 24.0 Å². The number of carbonyl (C=O) groups excluding carboxylic acids is 2. The van der Waals surface area contributed by atoms with Crippen LogP contribution in [0.2, 0.25) is 0 Å². The lowest BCUT2D eigenvalue weighted by atomic mass is 10.0. The molecule has 0 amide bonds. The van der Waals surface area contributed by atoms with Crippen LogP contribution in [-0.2, 0) is 32.9 Å². The van der Waals surface area contributed by atoms with Crippen molar-refractivity contribution in [3.63, 3.8) is 0 Å². The third-order valence-corrected chi connectivity index (χ3v) is 9.44. The van der Waals surface area contributed by atoms with Gasteiger partial charge in [0.2, 0.25) is 0 Å². The summed E-state index contributed by atoms with van der Waals surface area (Å²) in [6, 6.07) is 0. The summed E-state index contributed by atoms with van der Waals surface area (Å²) < 4.78 is 32.1. The van der Waals surface area contributed by atoms with Gasteiger partial charge < -0.3 is 24.0 Å². The molecule has 1 aliphatic rings. The van der Waals surface area contributed by atoms with E-state index < -0.39 is 32.5 Å². The van der Waals surface area contributed by atoms with Gasteiger partial charge in [0.05, 0.1) is 18.8 Å². The lowest BCUT2D eigenvalue weighted by Gasteiger charge is -2.18. The second kappa shape index (κ2) is 30.6. The van der Waals surface area contributed by atoms with Gasteiger partial charge in [-0.2, -0.15) is 0 Å². The van der Waals surface area contributed by atoms with Crippen molar-refractivity contribution in [2.24, 2.45) is 0 Å². The molecule has 1 saturated heterocycles. The monoisotopic (exact) mass is 702 g/mol. The third-order valence-electron chi connectivity index (χ3n) is 8.96. The topological polar surface area (TPSA) is 132 Å². The molecule has 2 unspecified atom stereocenters. The molecule has 3 atom stereocenters. The Labute approximate surface area is 292 Å². The predicted molar refractivity (Wildman–Crippen MR) is 193 cm³/mol. The molecule has 1 heterocycles. The summed E-state index contributed by atoms with van der Waals surface area (Å²) in [5.41, 5.74) is 0. The summed E-state index contributed by atoms with van der Waals surface area (Å²) in [4.78, 5) is 42.7. The van der Waals surface area contributed by atoms with Crippen LogP contribution in [0.25, 0.3) is 0 Å². The Bertz CT molecular complexity index is 859. The minimum absolute atomic E-state index is 0.195. The van der Waals surface area contributed by atoms with Crippen LogP contribution in [0.3, 0.4) is 0 Å². The number of phosphoric ester groups is 1. The molecule has 282 valence electrons. The molecule has 0 saturated carbocycles. The zero-order valence-electron chi connectivity index (χ0n) is 30.6. The zero-order chi connectivity index (χ0) is 35.1. The van der Waals surface area contributed by atoms with E-state index in [1.807, 2.05) is 0 Å². The first-order valence-electron chi connectivity index (χ1n) is 19.6. The van der Waals surface area contributed by atoms with Crippen molar-refractivity contribution >= 4 is 19.8 Å². The number of ether oxygens (including phenoxy) is 3. The molecule has 0 radical (unpaired) electrons. The van der Waals surface area contributed by atoms with Crippen LogP contribution in [0.4, 0.5) is 0 Å². The maximum Gasteiger partial charge on any atom is 0.469 e. The van der Waals surface area contributed by atoms with Gasteiger partial charge in [-0.05, 0) is 38.5 Å². The van der Waals surface area contributed by atoms with E-state index in [2.05, 4.69) is 30.5 Å². The second-order valence-electron chi connectivity index (χ2n) is 13.6. The van der Waals surface area contributed by atoms with Crippen LogP contribution in [0.15, 0.2) is 12.2 Å². The van der Waals surface area contributed by atoms with Gasteiger partial charge in [-0.15, -0.1) is 0 Å². The van der Waals surface area contributed by atoms with Gasteiger partial charge in [-0.3, -0.25) is 14.1 Å². The van der Waals surface area contributed by atoms with Crippen molar-refractivity contribution in [1.29, 1.82) is 0 Å². The highest BCUT2D eigenvalue weighted by molar-refractivity contribution is 7.46. The number of hydrogen-bond donors (Lipinski definition) is 2. The Balaban J connectivity index is 2.07. The summed E-state index contributed by atoms with van der Waals surface area (Å²) in [6.07, 6.45) is 33.9. The maximum absolute atomic E-state index is 12.4. The molecule has 9 nitrogen and oxygen atoms in total. The summed E-state index contributed by atoms with van der Waals surface area (Å²) in [5.74, 6) is -0.899. The van der Waals surface area contributed by atoms with E-state index in [1.165, 1.54) is 96.3 Å². The fourth-order valence-electron chi connectivity index (χ4n) is 5.91. The van der Waals surface area contributed by atoms with E-state index in [0.717, 1.165) is 57.8 Å². The molecule has 48 heavy (non-hydrogen) atoms. The molecule has 0 bridgehead atoms.